The largest absolute Gasteiger partial charge is 0.378 e. The second-order valence-corrected chi connectivity index (χ2v) is 4.62. The third-order valence-corrected chi connectivity index (χ3v) is 2.74. The molecule has 1 unspecified atom stereocenters. The van der Waals surface area contributed by atoms with Gasteiger partial charge in [-0.05, 0) is 13.8 Å². The lowest BCUT2D eigenvalue weighted by Gasteiger charge is -2.29. The van der Waals surface area contributed by atoms with Crippen LogP contribution in [0.3, 0.4) is 0 Å². The molecule has 1 saturated heterocycles. The Morgan fingerprint density at radius 2 is 2.17 bits per heavy atom. The van der Waals surface area contributed by atoms with E-state index in [0.29, 0.717) is 46.1 Å². The zero-order valence-corrected chi connectivity index (χ0v) is 11.4. The van der Waals surface area contributed by atoms with Gasteiger partial charge in [0.1, 0.15) is 0 Å². The van der Waals surface area contributed by atoms with Crippen molar-refractivity contribution in [3.63, 3.8) is 0 Å². The molecule has 1 fully saturated rings. The van der Waals surface area contributed by atoms with Gasteiger partial charge >= 0.3 is 0 Å². The molecule has 5 nitrogen and oxygen atoms in total. The van der Waals surface area contributed by atoms with Crippen LogP contribution in [0.15, 0.2) is 12.2 Å². The lowest BCUT2D eigenvalue weighted by atomic mass is 10.2. The second-order valence-electron chi connectivity index (χ2n) is 4.62. The Bertz CT molecular complexity index is 275. The van der Waals surface area contributed by atoms with E-state index in [1.165, 1.54) is 0 Å². The maximum Gasteiger partial charge on any atom is 0.239 e. The maximum absolute atomic E-state index is 12.0. The highest BCUT2D eigenvalue weighted by atomic mass is 16.5. The number of carbonyl (C=O) groups excluding carboxylic acids is 1. The number of hydrogen-bond acceptors (Lipinski definition) is 4. The molecule has 18 heavy (non-hydrogen) atoms. The van der Waals surface area contributed by atoms with Crippen molar-refractivity contribution in [2.45, 2.75) is 19.9 Å². The van der Waals surface area contributed by atoms with Crippen molar-refractivity contribution in [1.29, 1.82) is 0 Å². The Hall–Kier alpha value is -0.910. The van der Waals surface area contributed by atoms with Gasteiger partial charge in [0.05, 0.1) is 32.5 Å². The Labute approximate surface area is 109 Å². The highest BCUT2D eigenvalue weighted by Gasteiger charge is 2.21. The molecular formula is C13H24N2O3. The van der Waals surface area contributed by atoms with Crippen LogP contribution in [0.1, 0.15) is 13.8 Å². The fourth-order valence-corrected chi connectivity index (χ4v) is 1.74. The number of hydrogen-bond donors (Lipinski definition) is 1. The minimum absolute atomic E-state index is 0.137. The molecule has 0 bridgehead atoms. The molecule has 0 aromatic carbocycles. The van der Waals surface area contributed by atoms with E-state index in [9.17, 15) is 4.79 Å². The van der Waals surface area contributed by atoms with E-state index in [4.69, 9.17) is 9.47 Å². The van der Waals surface area contributed by atoms with Crippen LogP contribution in [-0.2, 0) is 14.3 Å². The molecule has 1 aliphatic heterocycles. The molecule has 0 aromatic heterocycles. The minimum atomic E-state index is -0.170. The summed E-state index contributed by atoms with van der Waals surface area (Å²) in [4.78, 5) is 13.9. The SMILES string of the molecule is C=C(C)COCCNC(C)C(=O)N1CCOCC1. The van der Waals surface area contributed by atoms with Crippen molar-refractivity contribution in [3.05, 3.63) is 12.2 Å². The van der Waals surface area contributed by atoms with E-state index < -0.39 is 0 Å². The zero-order chi connectivity index (χ0) is 13.4. The van der Waals surface area contributed by atoms with Crippen LogP contribution < -0.4 is 5.32 Å². The van der Waals surface area contributed by atoms with Gasteiger partial charge in [0.15, 0.2) is 0 Å². The van der Waals surface area contributed by atoms with E-state index in [1.54, 1.807) is 0 Å². The quantitative estimate of drug-likeness (QED) is 0.530. The Balaban J connectivity index is 2.13. The molecule has 0 radical (unpaired) electrons. The monoisotopic (exact) mass is 256 g/mol. The van der Waals surface area contributed by atoms with Crippen LogP contribution in [0.2, 0.25) is 0 Å². The third kappa shape index (κ3) is 5.62. The predicted molar refractivity (Wildman–Crippen MR) is 70.5 cm³/mol. The number of carbonyl (C=O) groups is 1. The molecule has 1 atom stereocenters. The topological polar surface area (TPSA) is 50.8 Å². The second kappa shape index (κ2) is 8.24. The Morgan fingerprint density at radius 1 is 1.50 bits per heavy atom. The molecule has 0 aliphatic carbocycles. The van der Waals surface area contributed by atoms with Gasteiger partial charge in [0, 0.05) is 19.6 Å². The van der Waals surface area contributed by atoms with Crippen molar-refractivity contribution in [2.75, 3.05) is 46.1 Å². The lowest BCUT2D eigenvalue weighted by Crippen LogP contribution is -2.49. The van der Waals surface area contributed by atoms with Crippen molar-refractivity contribution in [2.24, 2.45) is 0 Å². The van der Waals surface area contributed by atoms with Crippen LogP contribution in [0, 0.1) is 0 Å². The lowest BCUT2D eigenvalue weighted by molar-refractivity contribution is -0.137. The van der Waals surface area contributed by atoms with E-state index in [1.807, 2.05) is 18.7 Å². The van der Waals surface area contributed by atoms with Gasteiger partial charge in [-0.3, -0.25) is 4.79 Å². The first-order chi connectivity index (χ1) is 8.61. The molecule has 1 aliphatic rings. The van der Waals surface area contributed by atoms with Crippen LogP contribution in [0.25, 0.3) is 0 Å². The molecule has 0 aromatic rings. The van der Waals surface area contributed by atoms with Crippen molar-refractivity contribution in [3.8, 4) is 0 Å². The molecule has 1 heterocycles. The van der Waals surface area contributed by atoms with Crippen LogP contribution in [0.4, 0.5) is 0 Å². The zero-order valence-electron chi connectivity index (χ0n) is 11.4. The summed E-state index contributed by atoms with van der Waals surface area (Å²) in [6.45, 7) is 12.1. The highest BCUT2D eigenvalue weighted by Crippen LogP contribution is 2.00. The van der Waals surface area contributed by atoms with E-state index in [-0.39, 0.29) is 11.9 Å². The molecule has 0 saturated carbocycles. The third-order valence-electron chi connectivity index (χ3n) is 2.74. The number of nitrogens with zero attached hydrogens (tertiary/aromatic N) is 1. The van der Waals surface area contributed by atoms with E-state index in [0.717, 1.165) is 5.57 Å². The first kappa shape index (κ1) is 15.1. The molecule has 1 rings (SSSR count). The van der Waals surface area contributed by atoms with Crippen LogP contribution in [0.5, 0.6) is 0 Å². The van der Waals surface area contributed by atoms with Crippen LogP contribution in [-0.4, -0.2) is 62.9 Å². The number of rotatable bonds is 7. The average Bonchev–Trinajstić information content (AvgIpc) is 2.38. The number of nitrogens with one attached hydrogen (secondary N) is 1. The molecule has 1 amide bonds. The minimum Gasteiger partial charge on any atom is -0.378 e. The highest BCUT2D eigenvalue weighted by molar-refractivity contribution is 5.81. The number of morpholine rings is 1. The van der Waals surface area contributed by atoms with Crippen molar-refractivity contribution in [1.82, 2.24) is 10.2 Å². The fraction of sp³-hybridized carbons (Fsp3) is 0.769. The predicted octanol–water partition coefficient (Wildman–Crippen LogP) is 0.416. The summed E-state index contributed by atoms with van der Waals surface area (Å²) in [6.07, 6.45) is 0. The van der Waals surface area contributed by atoms with Crippen molar-refractivity contribution < 1.29 is 14.3 Å². The van der Waals surface area contributed by atoms with Gasteiger partial charge in [0.2, 0.25) is 5.91 Å². The summed E-state index contributed by atoms with van der Waals surface area (Å²) in [7, 11) is 0. The Kier molecular flexibility index (Phi) is 6.93. The van der Waals surface area contributed by atoms with E-state index >= 15 is 0 Å². The van der Waals surface area contributed by atoms with Gasteiger partial charge in [-0.2, -0.15) is 0 Å². The average molecular weight is 256 g/mol. The number of ether oxygens (including phenoxy) is 2. The van der Waals surface area contributed by atoms with Gasteiger partial charge < -0.3 is 19.7 Å². The molecule has 1 N–H and O–H groups in total. The standard InChI is InChI=1S/C13H24N2O3/c1-11(2)10-18-7-4-14-12(3)13(16)15-5-8-17-9-6-15/h12,14H,1,4-10H2,2-3H3. The van der Waals surface area contributed by atoms with Crippen molar-refractivity contribution >= 4 is 5.91 Å². The first-order valence-electron chi connectivity index (χ1n) is 6.43. The summed E-state index contributed by atoms with van der Waals surface area (Å²) in [5.74, 6) is 0.137. The smallest absolute Gasteiger partial charge is 0.239 e. The van der Waals surface area contributed by atoms with Gasteiger partial charge in [-0.1, -0.05) is 12.2 Å². The molecule has 0 spiro atoms. The summed E-state index contributed by atoms with van der Waals surface area (Å²) in [5.41, 5.74) is 1.01. The van der Waals surface area contributed by atoms with Gasteiger partial charge in [0.25, 0.3) is 0 Å². The summed E-state index contributed by atoms with van der Waals surface area (Å²) >= 11 is 0. The van der Waals surface area contributed by atoms with E-state index in [2.05, 4.69) is 11.9 Å². The first-order valence-corrected chi connectivity index (χ1v) is 6.43. The van der Waals surface area contributed by atoms with Crippen LogP contribution >= 0.6 is 0 Å². The fourth-order valence-electron chi connectivity index (χ4n) is 1.74. The summed E-state index contributed by atoms with van der Waals surface area (Å²) in [6, 6.07) is -0.170. The molecular weight excluding hydrogens is 232 g/mol. The normalized spacial score (nSPS) is 17.6. The number of amides is 1. The maximum atomic E-state index is 12.0. The van der Waals surface area contributed by atoms with Gasteiger partial charge in [-0.25, -0.2) is 0 Å². The molecule has 5 heteroatoms. The Morgan fingerprint density at radius 3 is 2.78 bits per heavy atom. The van der Waals surface area contributed by atoms with Gasteiger partial charge in [-0.15, -0.1) is 0 Å². The summed E-state index contributed by atoms with van der Waals surface area (Å²) in [5, 5.41) is 3.17. The molecule has 104 valence electrons. The summed E-state index contributed by atoms with van der Waals surface area (Å²) < 4.78 is 10.6.